The number of rotatable bonds is 3. The van der Waals surface area contributed by atoms with Gasteiger partial charge in [0.15, 0.2) is 5.16 Å². The molecular formula is C11H11ClN4OS. The summed E-state index contributed by atoms with van der Waals surface area (Å²) in [6.07, 6.45) is 0. The largest absolute Gasteiger partial charge is 0.383 e. The van der Waals surface area contributed by atoms with Crippen molar-refractivity contribution in [1.29, 1.82) is 0 Å². The van der Waals surface area contributed by atoms with Gasteiger partial charge >= 0.3 is 0 Å². The van der Waals surface area contributed by atoms with Crippen molar-refractivity contribution in [2.24, 2.45) is 5.73 Å². The summed E-state index contributed by atoms with van der Waals surface area (Å²) in [6.45, 7) is 0.314. The van der Waals surface area contributed by atoms with E-state index in [-0.39, 0.29) is 11.4 Å². The lowest BCUT2D eigenvalue weighted by Crippen LogP contribution is -2.09. The van der Waals surface area contributed by atoms with Gasteiger partial charge in [-0.25, -0.2) is 4.98 Å². The fourth-order valence-electron chi connectivity index (χ4n) is 1.44. The van der Waals surface area contributed by atoms with E-state index in [2.05, 4.69) is 9.97 Å². The molecule has 0 fully saturated rings. The molecule has 0 unspecified atom stereocenters. The molecule has 0 saturated carbocycles. The van der Waals surface area contributed by atoms with Crippen LogP contribution in [0, 0.1) is 0 Å². The lowest BCUT2D eigenvalue weighted by molar-refractivity contribution is 0.941. The number of nitrogen functional groups attached to an aromatic ring is 1. The van der Waals surface area contributed by atoms with Gasteiger partial charge in [0, 0.05) is 22.5 Å². The van der Waals surface area contributed by atoms with Crippen LogP contribution in [0.5, 0.6) is 0 Å². The molecule has 18 heavy (non-hydrogen) atoms. The summed E-state index contributed by atoms with van der Waals surface area (Å²) in [7, 11) is 0. The second-order valence-corrected chi connectivity index (χ2v) is 4.94. The maximum absolute atomic E-state index is 11.3. The molecule has 0 aliphatic heterocycles. The van der Waals surface area contributed by atoms with Crippen molar-refractivity contribution in [2.45, 2.75) is 16.6 Å². The van der Waals surface area contributed by atoms with Crippen LogP contribution >= 0.6 is 23.4 Å². The molecule has 1 aromatic heterocycles. The molecule has 2 aromatic rings. The maximum atomic E-state index is 11.3. The number of nitrogens with one attached hydrogen (secondary N) is 1. The second-order valence-electron chi connectivity index (χ2n) is 3.50. The summed E-state index contributed by atoms with van der Waals surface area (Å²) in [5.41, 5.74) is 11.7. The molecule has 2 rings (SSSR count). The Balaban J connectivity index is 2.39. The standard InChI is InChI=1S/C11H11ClN4OS/c12-7-2-1-3-8(6(7)5-13)18-11-15-9(14)4-10(17)16-11/h1-4H,5,13H2,(H3,14,15,16,17). The maximum Gasteiger partial charge on any atom is 0.253 e. The summed E-state index contributed by atoms with van der Waals surface area (Å²) in [5.74, 6) is 0.178. The zero-order valence-corrected chi connectivity index (χ0v) is 10.9. The van der Waals surface area contributed by atoms with E-state index >= 15 is 0 Å². The average Bonchev–Trinajstić information content (AvgIpc) is 2.27. The third-order valence-electron chi connectivity index (χ3n) is 2.23. The molecule has 7 heteroatoms. The Morgan fingerprint density at radius 1 is 1.44 bits per heavy atom. The van der Waals surface area contributed by atoms with Crippen molar-refractivity contribution >= 4 is 29.2 Å². The number of hydrogen-bond donors (Lipinski definition) is 3. The predicted molar refractivity (Wildman–Crippen MR) is 72.7 cm³/mol. The summed E-state index contributed by atoms with van der Waals surface area (Å²) < 4.78 is 0. The Kier molecular flexibility index (Phi) is 3.90. The van der Waals surface area contributed by atoms with Crippen LogP contribution in [0.1, 0.15) is 5.56 Å². The van der Waals surface area contributed by atoms with E-state index in [0.29, 0.717) is 16.7 Å². The highest BCUT2D eigenvalue weighted by molar-refractivity contribution is 7.99. The first-order valence-corrected chi connectivity index (χ1v) is 6.31. The van der Waals surface area contributed by atoms with Gasteiger partial charge in [0.2, 0.25) is 0 Å². The molecule has 0 saturated heterocycles. The molecular weight excluding hydrogens is 272 g/mol. The fourth-order valence-corrected chi connectivity index (χ4v) is 2.72. The number of nitrogens with zero attached hydrogens (tertiary/aromatic N) is 1. The molecule has 5 N–H and O–H groups in total. The average molecular weight is 283 g/mol. The van der Waals surface area contributed by atoms with E-state index in [0.717, 1.165) is 10.5 Å². The highest BCUT2D eigenvalue weighted by Crippen LogP contribution is 2.31. The van der Waals surface area contributed by atoms with Crippen LogP contribution in [0.15, 0.2) is 39.1 Å². The van der Waals surface area contributed by atoms with Gasteiger partial charge < -0.3 is 16.5 Å². The predicted octanol–water partition coefficient (Wildman–Crippen LogP) is 1.62. The first-order valence-electron chi connectivity index (χ1n) is 5.12. The van der Waals surface area contributed by atoms with Crippen molar-refractivity contribution in [2.75, 3.05) is 5.73 Å². The first kappa shape index (κ1) is 12.9. The SMILES string of the molecule is NCc1c(Cl)cccc1Sc1nc(N)cc(=O)[nH]1. The van der Waals surface area contributed by atoms with E-state index in [1.807, 2.05) is 12.1 Å². The van der Waals surface area contributed by atoms with Crippen LogP contribution < -0.4 is 17.0 Å². The minimum atomic E-state index is -0.290. The van der Waals surface area contributed by atoms with Gasteiger partial charge in [0.1, 0.15) is 5.82 Å². The number of aromatic nitrogens is 2. The van der Waals surface area contributed by atoms with E-state index in [9.17, 15) is 4.79 Å². The molecule has 0 bridgehead atoms. The molecule has 1 heterocycles. The normalized spacial score (nSPS) is 10.6. The lowest BCUT2D eigenvalue weighted by atomic mass is 10.2. The van der Waals surface area contributed by atoms with Crippen molar-refractivity contribution in [1.82, 2.24) is 9.97 Å². The van der Waals surface area contributed by atoms with Gasteiger partial charge in [0.25, 0.3) is 5.56 Å². The number of hydrogen-bond acceptors (Lipinski definition) is 5. The summed E-state index contributed by atoms with van der Waals surface area (Å²) in [5, 5.41) is 1.01. The number of anilines is 1. The van der Waals surface area contributed by atoms with Crippen LogP contribution in [-0.4, -0.2) is 9.97 Å². The number of H-pyrrole nitrogens is 1. The minimum absolute atomic E-state index is 0.178. The minimum Gasteiger partial charge on any atom is -0.383 e. The Bertz CT molecular complexity index is 629. The number of aromatic amines is 1. The highest BCUT2D eigenvalue weighted by atomic mass is 35.5. The third-order valence-corrected chi connectivity index (χ3v) is 3.57. The van der Waals surface area contributed by atoms with Crippen molar-refractivity contribution < 1.29 is 0 Å². The third kappa shape index (κ3) is 2.84. The molecule has 0 radical (unpaired) electrons. The zero-order chi connectivity index (χ0) is 13.1. The quantitative estimate of drug-likeness (QED) is 0.743. The molecule has 0 spiro atoms. The molecule has 0 aliphatic carbocycles. The molecule has 0 amide bonds. The number of halogens is 1. The van der Waals surface area contributed by atoms with E-state index in [4.69, 9.17) is 23.1 Å². The van der Waals surface area contributed by atoms with Crippen LogP contribution in [0.2, 0.25) is 5.02 Å². The molecule has 0 atom stereocenters. The van der Waals surface area contributed by atoms with Crippen LogP contribution in [-0.2, 0) is 6.54 Å². The van der Waals surface area contributed by atoms with Gasteiger partial charge in [-0.3, -0.25) is 4.79 Å². The van der Waals surface area contributed by atoms with Gasteiger partial charge in [-0.1, -0.05) is 29.4 Å². The molecule has 94 valence electrons. The number of benzene rings is 1. The summed E-state index contributed by atoms with van der Waals surface area (Å²) in [4.78, 5) is 18.8. The Hall–Kier alpha value is -1.50. The highest BCUT2D eigenvalue weighted by Gasteiger charge is 2.08. The summed E-state index contributed by atoms with van der Waals surface area (Å²) >= 11 is 7.32. The second kappa shape index (κ2) is 5.43. The lowest BCUT2D eigenvalue weighted by Gasteiger charge is -2.08. The van der Waals surface area contributed by atoms with E-state index in [1.54, 1.807) is 6.07 Å². The molecule has 0 aliphatic rings. The monoisotopic (exact) mass is 282 g/mol. The van der Waals surface area contributed by atoms with Gasteiger partial charge in [-0.15, -0.1) is 0 Å². The zero-order valence-electron chi connectivity index (χ0n) is 9.31. The summed E-state index contributed by atoms with van der Waals surface area (Å²) in [6, 6.07) is 6.67. The van der Waals surface area contributed by atoms with Gasteiger partial charge in [-0.05, 0) is 17.7 Å². The topological polar surface area (TPSA) is 97.8 Å². The first-order chi connectivity index (χ1) is 8.60. The number of nitrogens with two attached hydrogens (primary N) is 2. The van der Waals surface area contributed by atoms with Gasteiger partial charge in [0.05, 0.1) is 0 Å². The van der Waals surface area contributed by atoms with Crippen molar-refractivity contribution in [3.8, 4) is 0 Å². The van der Waals surface area contributed by atoms with E-state index < -0.39 is 0 Å². The molecule has 5 nitrogen and oxygen atoms in total. The smallest absolute Gasteiger partial charge is 0.253 e. The Labute approximate surface area is 113 Å². The van der Waals surface area contributed by atoms with Crippen LogP contribution in [0.3, 0.4) is 0 Å². The van der Waals surface area contributed by atoms with Crippen molar-refractivity contribution in [3.63, 3.8) is 0 Å². The Morgan fingerprint density at radius 3 is 2.89 bits per heavy atom. The van der Waals surface area contributed by atoms with Gasteiger partial charge in [-0.2, -0.15) is 0 Å². The van der Waals surface area contributed by atoms with Crippen molar-refractivity contribution in [3.05, 3.63) is 45.2 Å². The fraction of sp³-hybridized carbons (Fsp3) is 0.0909. The Morgan fingerprint density at radius 2 is 2.22 bits per heavy atom. The van der Waals surface area contributed by atoms with Crippen LogP contribution in [0.25, 0.3) is 0 Å². The van der Waals surface area contributed by atoms with Crippen LogP contribution in [0.4, 0.5) is 5.82 Å². The molecule has 1 aromatic carbocycles. The van der Waals surface area contributed by atoms with E-state index in [1.165, 1.54) is 17.8 Å².